The minimum atomic E-state index is -4.33. The van der Waals surface area contributed by atoms with Gasteiger partial charge in [0.25, 0.3) is 0 Å². The standard InChI is InChI=1S/C26H20F3OS/c27-26(28,29)21-13-11-20(12-14-21)19-30-22-15-17-25(18-16-22)31(23-7-3-1-4-8-23)24-9-5-2-6-10-24/h1-18H,19H2/q+1. The summed E-state index contributed by atoms with van der Waals surface area (Å²) in [6.45, 7) is 0.209. The minimum absolute atomic E-state index is 0.209. The van der Waals surface area contributed by atoms with Crippen molar-refractivity contribution in [2.75, 3.05) is 0 Å². The van der Waals surface area contributed by atoms with E-state index < -0.39 is 11.7 Å². The molecule has 0 aromatic heterocycles. The second-order valence-corrected chi connectivity index (χ2v) is 8.91. The second-order valence-electron chi connectivity index (χ2n) is 6.89. The Balaban J connectivity index is 1.50. The maximum absolute atomic E-state index is 12.7. The smallest absolute Gasteiger partial charge is 0.416 e. The lowest BCUT2D eigenvalue weighted by Gasteiger charge is -2.10. The summed E-state index contributed by atoms with van der Waals surface area (Å²) in [5, 5.41) is 0. The maximum atomic E-state index is 12.7. The van der Waals surface area contributed by atoms with Gasteiger partial charge in [-0.25, -0.2) is 0 Å². The summed E-state index contributed by atoms with van der Waals surface area (Å²) >= 11 is 0. The Morgan fingerprint density at radius 3 is 1.55 bits per heavy atom. The molecule has 0 bridgehead atoms. The SMILES string of the molecule is FC(F)(F)c1ccc(COc2ccc([S+](c3ccccc3)c3ccccc3)cc2)cc1. The highest BCUT2D eigenvalue weighted by Crippen LogP contribution is 2.32. The number of hydrogen-bond acceptors (Lipinski definition) is 1. The van der Waals surface area contributed by atoms with Crippen molar-refractivity contribution in [3.8, 4) is 5.75 Å². The third-order valence-corrected chi connectivity index (χ3v) is 6.93. The average Bonchev–Trinajstić information content (AvgIpc) is 2.80. The summed E-state index contributed by atoms with van der Waals surface area (Å²) in [7, 11) is -0.236. The minimum Gasteiger partial charge on any atom is -0.489 e. The highest BCUT2D eigenvalue weighted by Gasteiger charge is 2.30. The average molecular weight is 438 g/mol. The third kappa shape index (κ3) is 5.30. The van der Waals surface area contributed by atoms with Gasteiger partial charge >= 0.3 is 6.18 Å². The van der Waals surface area contributed by atoms with Crippen LogP contribution in [0, 0.1) is 0 Å². The van der Waals surface area contributed by atoms with Gasteiger partial charge in [-0.15, -0.1) is 0 Å². The highest BCUT2D eigenvalue weighted by atomic mass is 32.2. The van der Waals surface area contributed by atoms with E-state index >= 15 is 0 Å². The zero-order valence-corrected chi connectivity index (χ0v) is 17.4. The topological polar surface area (TPSA) is 9.23 Å². The quantitative estimate of drug-likeness (QED) is 0.286. The van der Waals surface area contributed by atoms with Gasteiger partial charge < -0.3 is 4.74 Å². The molecule has 4 rings (SSSR count). The molecule has 0 amide bonds. The summed E-state index contributed by atoms with van der Waals surface area (Å²) in [5.74, 6) is 0.674. The number of benzene rings is 4. The number of alkyl halides is 3. The number of ether oxygens (including phenoxy) is 1. The van der Waals surface area contributed by atoms with Crippen LogP contribution in [0.3, 0.4) is 0 Å². The van der Waals surface area contributed by atoms with Crippen molar-refractivity contribution < 1.29 is 17.9 Å². The van der Waals surface area contributed by atoms with Crippen molar-refractivity contribution in [3.05, 3.63) is 120 Å². The molecule has 0 radical (unpaired) electrons. The van der Waals surface area contributed by atoms with Gasteiger partial charge in [-0.05, 0) is 66.2 Å². The predicted molar refractivity (Wildman–Crippen MR) is 117 cm³/mol. The summed E-state index contributed by atoms with van der Waals surface area (Å²) in [6.07, 6.45) is -4.33. The van der Waals surface area contributed by atoms with Crippen LogP contribution in [0.1, 0.15) is 11.1 Å². The van der Waals surface area contributed by atoms with Crippen molar-refractivity contribution in [3.63, 3.8) is 0 Å². The molecular formula is C26H20F3OS+. The van der Waals surface area contributed by atoms with E-state index in [0.29, 0.717) is 11.3 Å². The van der Waals surface area contributed by atoms with E-state index in [1.807, 2.05) is 60.7 Å². The van der Waals surface area contributed by atoms with Crippen LogP contribution in [0.15, 0.2) is 124 Å². The first kappa shape index (κ1) is 21.1. The molecule has 5 heteroatoms. The van der Waals surface area contributed by atoms with E-state index in [1.165, 1.54) is 26.8 Å². The maximum Gasteiger partial charge on any atom is 0.416 e. The van der Waals surface area contributed by atoms with E-state index in [4.69, 9.17) is 4.74 Å². The fourth-order valence-corrected chi connectivity index (χ4v) is 5.23. The van der Waals surface area contributed by atoms with E-state index in [1.54, 1.807) is 0 Å². The lowest BCUT2D eigenvalue weighted by molar-refractivity contribution is -0.137. The van der Waals surface area contributed by atoms with E-state index in [9.17, 15) is 13.2 Å². The van der Waals surface area contributed by atoms with Gasteiger partial charge in [-0.2, -0.15) is 13.2 Å². The van der Waals surface area contributed by atoms with Gasteiger partial charge in [0.2, 0.25) is 0 Å². The summed E-state index contributed by atoms with van der Waals surface area (Å²) in [5.41, 5.74) is 0.0276. The number of hydrogen-bond donors (Lipinski definition) is 0. The Morgan fingerprint density at radius 2 is 1.06 bits per heavy atom. The van der Waals surface area contributed by atoms with Crippen LogP contribution in [0.2, 0.25) is 0 Å². The fraction of sp³-hybridized carbons (Fsp3) is 0.0769. The van der Waals surface area contributed by atoms with E-state index in [2.05, 4.69) is 24.3 Å². The second kappa shape index (κ2) is 9.31. The molecule has 0 N–H and O–H groups in total. The normalized spacial score (nSPS) is 11.5. The lowest BCUT2D eigenvalue weighted by atomic mass is 10.1. The Hall–Kier alpha value is -3.18. The van der Waals surface area contributed by atoms with E-state index in [-0.39, 0.29) is 17.5 Å². The van der Waals surface area contributed by atoms with Gasteiger partial charge in [0.1, 0.15) is 12.4 Å². The van der Waals surface area contributed by atoms with Crippen LogP contribution < -0.4 is 4.74 Å². The summed E-state index contributed by atoms with van der Waals surface area (Å²) in [4.78, 5) is 3.62. The molecule has 156 valence electrons. The molecule has 0 atom stereocenters. The van der Waals surface area contributed by atoms with Crippen LogP contribution in [-0.2, 0) is 23.7 Å². The van der Waals surface area contributed by atoms with Crippen LogP contribution >= 0.6 is 0 Å². The fourth-order valence-electron chi connectivity index (χ4n) is 3.15. The molecule has 0 unspecified atom stereocenters. The largest absolute Gasteiger partial charge is 0.489 e. The van der Waals surface area contributed by atoms with Crippen molar-refractivity contribution in [1.82, 2.24) is 0 Å². The molecule has 0 fully saturated rings. The van der Waals surface area contributed by atoms with Gasteiger partial charge in [-0.1, -0.05) is 48.5 Å². The number of halogens is 3. The molecule has 0 saturated heterocycles. The zero-order chi connectivity index (χ0) is 21.7. The van der Waals surface area contributed by atoms with Crippen LogP contribution in [0.5, 0.6) is 5.75 Å². The van der Waals surface area contributed by atoms with Crippen molar-refractivity contribution in [2.45, 2.75) is 27.5 Å². The molecular weight excluding hydrogens is 417 g/mol. The summed E-state index contributed by atoms with van der Waals surface area (Å²) < 4.78 is 43.8. The predicted octanol–water partition coefficient (Wildman–Crippen LogP) is 7.38. The van der Waals surface area contributed by atoms with Crippen LogP contribution in [0.25, 0.3) is 0 Å². The molecule has 0 aliphatic rings. The molecule has 0 saturated carbocycles. The first-order valence-electron chi connectivity index (χ1n) is 9.74. The lowest BCUT2D eigenvalue weighted by Crippen LogP contribution is -2.05. The Morgan fingerprint density at radius 1 is 0.581 bits per heavy atom. The third-order valence-electron chi connectivity index (χ3n) is 4.70. The Kier molecular flexibility index (Phi) is 6.33. The molecule has 0 spiro atoms. The van der Waals surface area contributed by atoms with Crippen LogP contribution in [0.4, 0.5) is 13.2 Å². The molecule has 4 aromatic rings. The van der Waals surface area contributed by atoms with Gasteiger partial charge in [-0.3, -0.25) is 0 Å². The van der Waals surface area contributed by atoms with Gasteiger partial charge in [0.15, 0.2) is 14.7 Å². The highest BCUT2D eigenvalue weighted by molar-refractivity contribution is 7.97. The number of rotatable bonds is 6. The Labute approximate surface area is 182 Å². The molecule has 0 heterocycles. The van der Waals surface area contributed by atoms with Crippen LogP contribution in [-0.4, -0.2) is 0 Å². The van der Waals surface area contributed by atoms with Crippen molar-refractivity contribution in [1.29, 1.82) is 0 Å². The first-order valence-corrected chi connectivity index (χ1v) is 11.0. The first-order chi connectivity index (χ1) is 15.0. The van der Waals surface area contributed by atoms with E-state index in [0.717, 1.165) is 12.1 Å². The van der Waals surface area contributed by atoms with Crippen molar-refractivity contribution in [2.24, 2.45) is 0 Å². The molecule has 31 heavy (non-hydrogen) atoms. The Bertz CT molecular complexity index is 1050. The molecule has 4 aromatic carbocycles. The van der Waals surface area contributed by atoms with Crippen molar-refractivity contribution >= 4 is 10.9 Å². The summed E-state index contributed by atoms with van der Waals surface area (Å²) in [6, 6.07) is 33.7. The molecule has 1 nitrogen and oxygen atoms in total. The van der Waals surface area contributed by atoms with Gasteiger partial charge in [0, 0.05) is 0 Å². The molecule has 0 aliphatic carbocycles. The monoisotopic (exact) mass is 437 g/mol. The van der Waals surface area contributed by atoms with Gasteiger partial charge in [0.05, 0.1) is 16.5 Å². The molecule has 0 aliphatic heterocycles. The zero-order valence-electron chi connectivity index (χ0n) is 16.5.